The highest BCUT2D eigenvalue weighted by Crippen LogP contribution is 2.34. The molecule has 7 heteroatoms. The van der Waals surface area contributed by atoms with E-state index in [-0.39, 0.29) is 14.9 Å². The van der Waals surface area contributed by atoms with Gasteiger partial charge in [-0.3, -0.25) is 0 Å². The lowest BCUT2D eigenvalue weighted by atomic mass is 10.2. The van der Waals surface area contributed by atoms with Crippen molar-refractivity contribution in [2.75, 3.05) is 0 Å². The third-order valence-electron chi connectivity index (χ3n) is 1.41. The van der Waals surface area contributed by atoms with Crippen molar-refractivity contribution < 1.29 is 8.42 Å². The van der Waals surface area contributed by atoms with Gasteiger partial charge in [-0.25, -0.2) is 8.42 Å². The van der Waals surface area contributed by atoms with Crippen molar-refractivity contribution in [3.63, 3.8) is 0 Å². The third kappa shape index (κ3) is 2.28. The van der Waals surface area contributed by atoms with E-state index in [4.69, 9.17) is 15.9 Å². The Labute approximate surface area is 102 Å². The number of hydrogen-bond donors (Lipinski definition) is 0. The largest absolute Gasteiger partial charge is 0.263 e. The normalized spacial score (nSPS) is 11.0. The molecule has 0 aliphatic carbocycles. The number of nitrogens with zero attached hydrogens (tertiary/aromatic N) is 1. The van der Waals surface area contributed by atoms with Crippen LogP contribution in [0.3, 0.4) is 0 Å². The minimum Gasteiger partial charge on any atom is -0.207 e. The van der Waals surface area contributed by atoms with Crippen molar-refractivity contribution in [2.24, 2.45) is 0 Å². The molecule has 0 saturated carbocycles. The van der Waals surface area contributed by atoms with Crippen LogP contribution >= 0.6 is 42.5 Å². The summed E-state index contributed by atoms with van der Waals surface area (Å²) in [6.45, 7) is 0. The summed E-state index contributed by atoms with van der Waals surface area (Å²) in [7, 11) is 1.33. The van der Waals surface area contributed by atoms with Gasteiger partial charge in [0, 0.05) is 15.2 Å². The first-order chi connectivity index (χ1) is 6.38. The first-order valence-corrected chi connectivity index (χ1v) is 7.10. The Kier molecular flexibility index (Phi) is 3.58. The zero-order valence-corrected chi connectivity index (χ0v) is 11.2. The van der Waals surface area contributed by atoms with E-state index in [9.17, 15) is 8.42 Å². The van der Waals surface area contributed by atoms with Gasteiger partial charge in [0.05, 0.1) is 10.0 Å². The molecule has 0 saturated heterocycles. The molecule has 0 amide bonds. The third-order valence-corrected chi connectivity index (χ3v) is 4.80. The van der Waals surface area contributed by atoms with Gasteiger partial charge in [0.1, 0.15) is 11.0 Å². The van der Waals surface area contributed by atoms with E-state index in [0.29, 0.717) is 4.47 Å². The maximum atomic E-state index is 11.1. The minimum absolute atomic E-state index is 0.127. The number of benzene rings is 1. The predicted octanol–water partition coefficient (Wildman–Crippen LogP) is 3.01. The smallest absolute Gasteiger partial charge is 0.207 e. The Morgan fingerprint density at radius 1 is 1.36 bits per heavy atom. The zero-order valence-electron chi connectivity index (χ0n) is 6.46. The lowest BCUT2D eigenvalue weighted by Gasteiger charge is -2.04. The van der Waals surface area contributed by atoms with Crippen molar-refractivity contribution in [2.45, 2.75) is 4.90 Å². The molecule has 1 aromatic carbocycles. The molecular formula is C7H2Br2ClNO2S. The van der Waals surface area contributed by atoms with Crippen LogP contribution in [0, 0.1) is 11.3 Å². The minimum atomic E-state index is -3.87. The van der Waals surface area contributed by atoms with Gasteiger partial charge < -0.3 is 0 Å². The van der Waals surface area contributed by atoms with Crippen LogP contribution in [0.2, 0.25) is 0 Å². The molecule has 14 heavy (non-hydrogen) atoms. The Balaban J connectivity index is 3.68. The van der Waals surface area contributed by atoms with Crippen LogP contribution < -0.4 is 0 Å². The molecule has 0 radical (unpaired) electrons. The van der Waals surface area contributed by atoms with Crippen LogP contribution in [0.1, 0.15) is 5.56 Å². The monoisotopic (exact) mass is 357 g/mol. The van der Waals surface area contributed by atoms with Gasteiger partial charge in [0.25, 0.3) is 9.05 Å². The Morgan fingerprint density at radius 2 is 1.93 bits per heavy atom. The van der Waals surface area contributed by atoms with E-state index >= 15 is 0 Å². The van der Waals surface area contributed by atoms with Crippen LogP contribution in [0.5, 0.6) is 0 Å². The molecule has 1 aromatic rings. The Hall–Kier alpha value is -0.0900. The van der Waals surface area contributed by atoms with Gasteiger partial charge in [-0.05, 0) is 44.0 Å². The average molecular weight is 359 g/mol. The van der Waals surface area contributed by atoms with E-state index < -0.39 is 9.05 Å². The molecule has 0 atom stereocenters. The number of halogens is 3. The summed E-state index contributed by atoms with van der Waals surface area (Å²) in [6.07, 6.45) is 0. The first kappa shape index (κ1) is 12.0. The second kappa shape index (κ2) is 4.19. The second-order valence-electron chi connectivity index (χ2n) is 2.29. The molecule has 0 aliphatic heterocycles. The Morgan fingerprint density at radius 3 is 2.36 bits per heavy atom. The summed E-state index contributed by atoms with van der Waals surface area (Å²) in [4.78, 5) is -0.127. The molecule has 0 heterocycles. The fourth-order valence-electron chi connectivity index (χ4n) is 0.842. The first-order valence-electron chi connectivity index (χ1n) is 3.20. The van der Waals surface area contributed by atoms with Crippen molar-refractivity contribution in [1.82, 2.24) is 0 Å². The Bertz CT molecular complexity index is 521. The number of hydrogen-bond acceptors (Lipinski definition) is 3. The maximum absolute atomic E-state index is 11.1. The van der Waals surface area contributed by atoms with Crippen LogP contribution in [0.4, 0.5) is 0 Å². The highest BCUT2D eigenvalue weighted by molar-refractivity contribution is 9.11. The summed E-state index contributed by atoms with van der Waals surface area (Å²) in [6, 6.07) is 4.79. The van der Waals surface area contributed by atoms with E-state index in [0.717, 1.165) is 0 Å². The molecule has 0 bridgehead atoms. The molecule has 0 spiro atoms. The van der Waals surface area contributed by atoms with Crippen LogP contribution in [0.25, 0.3) is 0 Å². The van der Waals surface area contributed by atoms with Crippen molar-refractivity contribution in [3.8, 4) is 6.07 Å². The molecule has 74 valence electrons. The highest BCUT2D eigenvalue weighted by atomic mass is 79.9. The maximum Gasteiger partial charge on any atom is 0.263 e. The van der Waals surface area contributed by atoms with E-state index in [1.807, 2.05) is 6.07 Å². The number of nitriles is 1. The molecule has 0 unspecified atom stereocenters. The zero-order chi connectivity index (χ0) is 10.9. The standard InChI is InChI=1S/C7H2Br2ClNO2S/c8-5-2-1-4(3-11)6(9)7(5)14(10,12)13/h1-2H. The molecule has 0 N–H and O–H groups in total. The van der Waals surface area contributed by atoms with Crippen molar-refractivity contribution in [1.29, 1.82) is 5.26 Å². The molecule has 1 rings (SSSR count). The molecule has 0 aromatic heterocycles. The van der Waals surface area contributed by atoms with Crippen LogP contribution in [0.15, 0.2) is 26.0 Å². The summed E-state index contributed by atoms with van der Waals surface area (Å²) >= 11 is 6.06. The van der Waals surface area contributed by atoms with Gasteiger partial charge in [-0.2, -0.15) is 5.26 Å². The van der Waals surface area contributed by atoms with Crippen molar-refractivity contribution >= 4 is 51.6 Å². The summed E-state index contributed by atoms with van der Waals surface area (Å²) < 4.78 is 22.8. The van der Waals surface area contributed by atoms with Gasteiger partial charge >= 0.3 is 0 Å². The van der Waals surface area contributed by atoms with Gasteiger partial charge in [-0.1, -0.05) is 0 Å². The number of rotatable bonds is 1. The van der Waals surface area contributed by atoms with E-state index in [1.165, 1.54) is 12.1 Å². The van der Waals surface area contributed by atoms with Gasteiger partial charge in [-0.15, -0.1) is 0 Å². The van der Waals surface area contributed by atoms with Crippen LogP contribution in [-0.4, -0.2) is 8.42 Å². The topological polar surface area (TPSA) is 57.9 Å². The summed E-state index contributed by atoms with van der Waals surface area (Å²) in [5, 5.41) is 8.67. The highest BCUT2D eigenvalue weighted by Gasteiger charge is 2.20. The second-order valence-corrected chi connectivity index (χ2v) is 6.44. The van der Waals surface area contributed by atoms with E-state index in [2.05, 4.69) is 31.9 Å². The predicted molar refractivity (Wildman–Crippen MR) is 59.6 cm³/mol. The molecule has 0 fully saturated rings. The van der Waals surface area contributed by atoms with Gasteiger partial charge in [0.15, 0.2) is 0 Å². The van der Waals surface area contributed by atoms with Crippen LogP contribution in [-0.2, 0) is 9.05 Å². The lowest BCUT2D eigenvalue weighted by molar-refractivity contribution is 0.608. The molecule has 3 nitrogen and oxygen atoms in total. The quantitative estimate of drug-likeness (QED) is 0.724. The summed E-state index contributed by atoms with van der Waals surface area (Å²) in [5.74, 6) is 0. The summed E-state index contributed by atoms with van der Waals surface area (Å²) in [5.41, 5.74) is 0.215. The molecule has 0 aliphatic rings. The SMILES string of the molecule is N#Cc1ccc(Br)c(S(=O)(=O)Cl)c1Br. The average Bonchev–Trinajstić information content (AvgIpc) is 2.02. The van der Waals surface area contributed by atoms with Crippen molar-refractivity contribution in [3.05, 3.63) is 26.6 Å². The fourth-order valence-corrected chi connectivity index (χ4v) is 4.82. The van der Waals surface area contributed by atoms with E-state index in [1.54, 1.807) is 0 Å². The fraction of sp³-hybridized carbons (Fsp3) is 0. The van der Waals surface area contributed by atoms with Gasteiger partial charge in [0.2, 0.25) is 0 Å². The molecular weight excluding hydrogens is 357 g/mol. The lowest BCUT2D eigenvalue weighted by Crippen LogP contribution is -1.95.